The molecule has 0 N–H and O–H groups in total. The molecule has 0 aliphatic rings. The van der Waals surface area contributed by atoms with Crippen LogP contribution in [0, 0.1) is 0 Å². The van der Waals surface area contributed by atoms with Gasteiger partial charge in [0.25, 0.3) is 0 Å². The molecule has 0 saturated heterocycles. The highest BCUT2D eigenvalue weighted by atomic mass is 32.2. The summed E-state index contributed by atoms with van der Waals surface area (Å²) in [7, 11) is 0. The van der Waals surface area contributed by atoms with Crippen molar-refractivity contribution < 1.29 is 4.79 Å². The summed E-state index contributed by atoms with van der Waals surface area (Å²) in [5.41, 5.74) is 0. The van der Waals surface area contributed by atoms with Crippen LogP contribution in [0.15, 0.2) is 0 Å². The molecule has 0 bridgehead atoms. The molecular formula is C4H3OS3. The zero-order chi connectivity index (χ0) is 6.41. The fourth-order valence-electron chi connectivity index (χ4n) is 0.135. The molecule has 0 atom stereocenters. The Morgan fingerprint density at radius 1 is 1.88 bits per heavy atom. The lowest BCUT2D eigenvalue weighted by molar-refractivity contribution is 0.560. The first-order valence-corrected chi connectivity index (χ1v) is 3.64. The van der Waals surface area contributed by atoms with Crippen LogP contribution in [-0.2, 0) is 4.79 Å². The molecule has 0 unspecified atom stereocenters. The van der Waals surface area contributed by atoms with Crippen LogP contribution in [0.2, 0.25) is 0 Å². The molecule has 0 aromatic heterocycles. The van der Waals surface area contributed by atoms with Crippen molar-refractivity contribution in [2.45, 2.75) is 0 Å². The Hall–Kier alpha value is 0.200. The van der Waals surface area contributed by atoms with Crippen molar-refractivity contribution in [2.24, 2.45) is 0 Å². The second-order valence-electron chi connectivity index (χ2n) is 0.870. The molecule has 0 aliphatic heterocycles. The molecule has 0 saturated carbocycles. The molecular weight excluding hydrogens is 160 g/mol. The van der Waals surface area contributed by atoms with Crippen molar-refractivity contribution >= 4 is 52.0 Å². The van der Waals surface area contributed by atoms with E-state index in [1.807, 2.05) is 0 Å². The van der Waals surface area contributed by atoms with Crippen LogP contribution < -0.4 is 0 Å². The summed E-state index contributed by atoms with van der Waals surface area (Å²) in [5.74, 6) is 0.284. The van der Waals surface area contributed by atoms with Crippen molar-refractivity contribution in [1.82, 2.24) is 0 Å². The minimum atomic E-state index is 0.284. The Labute approximate surface area is 62.8 Å². The molecule has 0 aromatic carbocycles. The van der Waals surface area contributed by atoms with Crippen LogP contribution in [0.5, 0.6) is 0 Å². The minimum Gasteiger partial charge on any atom is -0.290 e. The van der Waals surface area contributed by atoms with Crippen LogP contribution in [0.25, 0.3) is 0 Å². The van der Waals surface area contributed by atoms with Gasteiger partial charge in [-0.25, -0.2) is 0 Å². The average Bonchev–Trinajstić information content (AvgIpc) is 1.83. The van der Waals surface area contributed by atoms with Gasteiger partial charge in [0.05, 0.1) is 9.95 Å². The van der Waals surface area contributed by atoms with Crippen molar-refractivity contribution in [3.8, 4) is 0 Å². The molecule has 0 fully saturated rings. The number of hydrogen-bond donors (Lipinski definition) is 0. The molecule has 8 heavy (non-hydrogen) atoms. The lowest BCUT2D eigenvalue weighted by Crippen LogP contribution is -1.88. The van der Waals surface area contributed by atoms with Gasteiger partial charge in [0.2, 0.25) is 6.29 Å². The largest absolute Gasteiger partial charge is 0.290 e. The molecule has 0 rings (SSSR count). The molecule has 4 heteroatoms. The Bertz CT molecular complexity index is 110. The first-order valence-electron chi connectivity index (χ1n) is 1.78. The number of carbonyl (C=O) groups excluding carboxylic acids is 1. The van der Waals surface area contributed by atoms with Gasteiger partial charge >= 0.3 is 0 Å². The quantitative estimate of drug-likeness (QED) is 0.580. The average molecular weight is 163 g/mol. The molecule has 0 spiro atoms. The number of rotatable bonds is 3. The second kappa shape index (κ2) is 5.34. The van der Waals surface area contributed by atoms with Gasteiger partial charge in [-0.1, -0.05) is 24.4 Å². The molecule has 0 amide bonds. The van der Waals surface area contributed by atoms with Gasteiger partial charge < -0.3 is 0 Å². The van der Waals surface area contributed by atoms with E-state index in [4.69, 9.17) is 0 Å². The van der Waals surface area contributed by atoms with Gasteiger partial charge in [0.1, 0.15) is 0 Å². The minimum absolute atomic E-state index is 0.284. The van der Waals surface area contributed by atoms with Crippen molar-refractivity contribution in [1.29, 1.82) is 0 Å². The Kier molecular flexibility index (Phi) is 5.47. The molecule has 1 nitrogen and oxygen atoms in total. The van der Waals surface area contributed by atoms with E-state index in [9.17, 15) is 4.79 Å². The highest BCUT2D eigenvalue weighted by Crippen LogP contribution is 1.98. The van der Waals surface area contributed by atoms with Crippen molar-refractivity contribution in [3.63, 3.8) is 0 Å². The summed E-state index contributed by atoms with van der Waals surface area (Å²) >= 11 is 10.3. The maximum absolute atomic E-state index is 9.57. The van der Waals surface area contributed by atoms with E-state index in [1.165, 1.54) is 17.1 Å². The maximum Gasteiger partial charge on any atom is 0.209 e. The lowest BCUT2D eigenvalue weighted by atomic mass is 10.9. The third-order valence-electron chi connectivity index (χ3n) is 0.370. The van der Waals surface area contributed by atoms with E-state index >= 15 is 0 Å². The topological polar surface area (TPSA) is 17.1 Å². The SMILES string of the molecule is O=[C]CSC(=S)C=S. The monoisotopic (exact) mass is 163 g/mol. The molecule has 0 heterocycles. The van der Waals surface area contributed by atoms with E-state index in [0.717, 1.165) is 0 Å². The molecule has 0 aromatic rings. The highest BCUT2D eigenvalue weighted by molar-refractivity contribution is 8.26. The van der Waals surface area contributed by atoms with Gasteiger partial charge in [-0.05, 0) is 0 Å². The standard InChI is InChI=1S/C4H3OS3/c5-1-2-8-4(7)3-6/h3H,2H2. The molecule has 43 valence electrons. The number of thioether (sulfide) groups is 1. The van der Waals surface area contributed by atoms with E-state index in [2.05, 4.69) is 24.4 Å². The maximum atomic E-state index is 9.57. The first kappa shape index (κ1) is 8.20. The summed E-state index contributed by atoms with van der Waals surface area (Å²) in [5, 5.41) is 1.37. The van der Waals surface area contributed by atoms with E-state index < -0.39 is 0 Å². The second-order valence-corrected chi connectivity index (χ2v) is 2.82. The van der Waals surface area contributed by atoms with Gasteiger partial charge in [-0.3, -0.25) is 4.79 Å². The van der Waals surface area contributed by atoms with E-state index in [-0.39, 0.29) is 5.75 Å². The van der Waals surface area contributed by atoms with Gasteiger partial charge in [0, 0.05) is 5.37 Å². The Morgan fingerprint density at radius 3 is 2.88 bits per heavy atom. The van der Waals surface area contributed by atoms with E-state index in [0.29, 0.717) is 4.20 Å². The molecule has 1 radical (unpaired) electrons. The zero-order valence-corrected chi connectivity index (χ0v) is 6.37. The summed E-state index contributed by atoms with van der Waals surface area (Å²) in [6.45, 7) is 0. The summed E-state index contributed by atoms with van der Waals surface area (Å²) < 4.78 is 0.573. The van der Waals surface area contributed by atoms with Gasteiger partial charge in [-0.15, -0.1) is 11.8 Å². The number of hydrogen-bond acceptors (Lipinski definition) is 4. The first-order chi connectivity index (χ1) is 3.81. The van der Waals surface area contributed by atoms with Crippen LogP contribution in [0.3, 0.4) is 0 Å². The van der Waals surface area contributed by atoms with Crippen LogP contribution in [-0.4, -0.2) is 21.6 Å². The summed E-state index contributed by atoms with van der Waals surface area (Å²) in [6, 6.07) is 0. The van der Waals surface area contributed by atoms with Crippen LogP contribution in [0.1, 0.15) is 0 Å². The summed E-state index contributed by atoms with van der Waals surface area (Å²) in [6.07, 6.45) is 1.69. The third kappa shape index (κ3) is 4.36. The van der Waals surface area contributed by atoms with Crippen molar-refractivity contribution in [2.75, 3.05) is 5.75 Å². The zero-order valence-electron chi connectivity index (χ0n) is 3.92. The normalized spacial score (nSPS) is 8.00. The smallest absolute Gasteiger partial charge is 0.209 e. The molecule has 0 aliphatic carbocycles. The highest BCUT2D eigenvalue weighted by Gasteiger charge is 1.88. The predicted molar refractivity (Wildman–Crippen MR) is 44.4 cm³/mol. The van der Waals surface area contributed by atoms with Crippen LogP contribution in [0.4, 0.5) is 0 Å². The lowest BCUT2D eigenvalue weighted by Gasteiger charge is -1.84. The Balaban J connectivity index is 3.24. The van der Waals surface area contributed by atoms with Crippen LogP contribution >= 0.6 is 36.2 Å². The van der Waals surface area contributed by atoms with Gasteiger partial charge in [0.15, 0.2) is 0 Å². The predicted octanol–water partition coefficient (Wildman–Crippen LogP) is 1.16. The van der Waals surface area contributed by atoms with Gasteiger partial charge in [-0.2, -0.15) is 0 Å². The van der Waals surface area contributed by atoms with Crippen molar-refractivity contribution in [3.05, 3.63) is 0 Å². The van der Waals surface area contributed by atoms with E-state index in [1.54, 1.807) is 6.29 Å². The Morgan fingerprint density at radius 2 is 2.50 bits per heavy atom. The summed E-state index contributed by atoms with van der Waals surface area (Å²) in [4.78, 5) is 9.57. The fraction of sp³-hybridized carbons (Fsp3) is 0.250. The third-order valence-corrected chi connectivity index (χ3v) is 2.04. The fourth-order valence-corrected chi connectivity index (χ4v) is 0.785. The number of thiocarbonyl (C=S) groups is 2.